The molecule has 2 heterocycles. The Kier molecular flexibility index (Phi) is 13.0. The molecule has 0 radical (unpaired) electrons. The van der Waals surface area contributed by atoms with Gasteiger partial charge in [0.25, 0.3) is 6.43 Å². The van der Waals surface area contributed by atoms with Crippen LogP contribution in [0, 0.1) is 0 Å². The van der Waals surface area contributed by atoms with Crippen molar-refractivity contribution in [3.8, 4) is 5.88 Å². The van der Waals surface area contributed by atoms with Crippen LogP contribution in [0.4, 0.5) is 19.1 Å². The van der Waals surface area contributed by atoms with E-state index in [0.717, 1.165) is 13.1 Å². The van der Waals surface area contributed by atoms with Crippen molar-refractivity contribution in [1.82, 2.24) is 20.3 Å². The van der Waals surface area contributed by atoms with Crippen LogP contribution in [0.1, 0.15) is 32.8 Å². The molecule has 1 fully saturated rings. The van der Waals surface area contributed by atoms with Crippen molar-refractivity contribution in [2.75, 3.05) is 46.1 Å². The molecule has 0 saturated carbocycles. The van der Waals surface area contributed by atoms with Gasteiger partial charge in [-0.25, -0.2) is 8.78 Å². The Hall–Kier alpha value is -2.07. The summed E-state index contributed by atoms with van der Waals surface area (Å²) in [6.45, 7) is 7.64. The van der Waals surface area contributed by atoms with Gasteiger partial charge in [0.1, 0.15) is 11.9 Å². The van der Waals surface area contributed by atoms with Gasteiger partial charge in [-0.05, 0) is 20.0 Å². The van der Waals surface area contributed by atoms with Crippen molar-refractivity contribution in [3.05, 3.63) is 17.7 Å². The fourth-order valence-corrected chi connectivity index (χ4v) is 2.24. The van der Waals surface area contributed by atoms with E-state index < -0.39 is 6.43 Å². The molecule has 1 aliphatic heterocycles. The first-order valence-electron chi connectivity index (χ1n) is 9.13. The van der Waals surface area contributed by atoms with Crippen LogP contribution in [0.5, 0.6) is 5.88 Å². The summed E-state index contributed by atoms with van der Waals surface area (Å²) in [7, 11) is 5.21. The number of aromatic nitrogens is 1. The second-order valence-electron chi connectivity index (χ2n) is 6.19. The lowest BCUT2D eigenvalue weighted by Gasteiger charge is -2.35. The number of likely N-dealkylation sites (tertiary alicyclic amines) is 1. The van der Waals surface area contributed by atoms with E-state index in [1.807, 2.05) is 20.9 Å². The highest BCUT2D eigenvalue weighted by molar-refractivity contribution is 5.46. The zero-order valence-corrected chi connectivity index (χ0v) is 17.4. The fraction of sp³-hybridized carbons (Fsp3) is 0.667. The lowest BCUT2D eigenvalue weighted by atomic mass is 10.2. The number of hydrogen-bond acceptors (Lipinski definition) is 6. The molecular weight excluding hydrogens is 375 g/mol. The van der Waals surface area contributed by atoms with Crippen LogP contribution in [0.3, 0.4) is 0 Å². The van der Waals surface area contributed by atoms with Crippen molar-refractivity contribution in [2.24, 2.45) is 0 Å². The fourth-order valence-electron chi connectivity index (χ4n) is 2.24. The molecule has 28 heavy (non-hydrogen) atoms. The number of ether oxygens (including phenoxy) is 1. The van der Waals surface area contributed by atoms with Crippen LogP contribution in [0.2, 0.25) is 0 Å². The summed E-state index contributed by atoms with van der Waals surface area (Å²) in [4.78, 5) is 17.5. The van der Waals surface area contributed by atoms with Gasteiger partial charge in [-0.15, -0.1) is 4.48 Å². The average Bonchev–Trinajstić information content (AvgIpc) is 2.68. The molecule has 162 valence electrons. The van der Waals surface area contributed by atoms with Crippen LogP contribution in [0.25, 0.3) is 0 Å². The van der Waals surface area contributed by atoms with Crippen molar-refractivity contribution in [1.29, 1.82) is 0 Å². The predicted octanol–water partition coefficient (Wildman–Crippen LogP) is 2.72. The summed E-state index contributed by atoms with van der Waals surface area (Å²) in [6.07, 6.45) is -1.81. The summed E-state index contributed by atoms with van der Waals surface area (Å²) in [5.74, 6) is 0.649. The van der Waals surface area contributed by atoms with E-state index >= 15 is 0 Å². The molecule has 1 aromatic heterocycles. The van der Waals surface area contributed by atoms with Crippen LogP contribution in [0.15, 0.2) is 12.1 Å². The molecule has 0 bridgehead atoms. The van der Waals surface area contributed by atoms with Gasteiger partial charge in [-0.3, -0.25) is 9.69 Å². The van der Waals surface area contributed by atoms with Gasteiger partial charge in [0, 0.05) is 45.4 Å². The molecule has 1 amide bonds. The minimum absolute atomic E-state index is 0.0464. The van der Waals surface area contributed by atoms with Crippen LogP contribution in [-0.2, 0) is 4.79 Å². The van der Waals surface area contributed by atoms with Gasteiger partial charge in [0.2, 0.25) is 12.3 Å². The zero-order chi connectivity index (χ0) is 21.7. The number of alkyl halides is 2. The highest BCUT2D eigenvalue weighted by Gasteiger charge is 2.25. The Balaban J connectivity index is 0.000000566. The first kappa shape index (κ1) is 25.9. The van der Waals surface area contributed by atoms with Crippen LogP contribution >= 0.6 is 0 Å². The topological polar surface area (TPSA) is 69.7 Å². The van der Waals surface area contributed by atoms with E-state index in [-0.39, 0.29) is 23.6 Å². The Bertz CT molecular complexity index is 560. The summed E-state index contributed by atoms with van der Waals surface area (Å²) in [5.41, 5.74) is 1.45. The molecule has 0 spiro atoms. The van der Waals surface area contributed by atoms with Crippen molar-refractivity contribution >= 4 is 12.2 Å². The van der Waals surface area contributed by atoms with Crippen LogP contribution in [-0.4, -0.2) is 74.1 Å². The van der Waals surface area contributed by atoms with Crippen molar-refractivity contribution < 1.29 is 22.8 Å². The van der Waals surface area contributed by atoms with Gasteiger partial charge >= 0.3 is 0 Å². The average molecular weight is 407 g/mol. The molecule has 1 atom stereocenters. The third-order valence-electron chi connectivity index (χ3n) is 3.58. The van der Waals surface area contributed by atoms with Gasteiger partial charge in [-0.1, -0.05) is 13.8 Å². The maximum absolute atomic E-state index is 12.6. The Morgan fingerprint density at radius 3 is 2.43 bits per heavy atom. The molecule has 1 aromatic rings. The number of amides is 1. The lowest BCUT2D eigenvalue weighted by Crippen LogP contribution is -2.51. The van der Waals surface area contributed by atoms with Crippen molar-refractivity contribution in [3.63, 3.8) is 0 Å². The van der Waals surface area contributed by atoms with E-state index in [0.29, 0.717) is 18.8 Å². The number of hydrogen-bond donors (Lipinski definition) is 2. The minimum Gasteiger partial charge on any atom is -0.472 e. The van der Waals surface area contributed by atoms with E-state index in [2.05, 4.69) is 15.2 Å². The number of carbonyl (C=O) groups excluding carboxylic acids is 1. The highest BCUT2D eigenvalue weighted by Crippen LogP contribution is 2.26. The maximum Gasteiger partial charge on any atom is 0.264 e. The second-order valence-corrected chi connectivity index (χ2v) is 6.19. The largest absolute Gasteiger partial charge is 0.472 e. The maximum atomic E-state index is 12.6. The third-order valence-corrected chi connectivity index (χ3v) is 3.58. The monoisotopic (exact) mass is 407 g/mol. The standard InChI is InChI=1S/C11H15F2N3O.C5H11FN2O.C2H6/c1-14-9-3-7(11(12)13)4-10(15-9)17-8-5-16(2)6-8;1-5(7-6)3-8(2)4-9;1-2/h3-4,8,11H,5-6H2,1-2H3,(H,14,15);4-5,7H,3H2,1-2H3;1-2H3. The van der Waals surface area contributed by atoms with E-state index in [1.165, 1.54) is 22.6 Å². The second kappa shape index (κ2) is 14.0. The summed E-state index contributed by atoms with van der Waals surface area (Å²) < 4.78 is 42.3. The molecule has 0 aliphatic carbocycles. The summed E-state index contributed by atoms with van der Waals surface area (Å²) in [6, 6.07) is 2.33. The zero-order valence-electron chi connectivity index (χ0n) is 17.4. The quantitative estimate of drug-likeness (QED) is 0.510. The lowest BCUT2D eigenvalue weighted by molar-refractivity contribution is -0.117. The molecule has 10 heteroatoms. The molecule has 2 rings (SSSR count). The summed E-state index contributed by atoms with van der Waals surface area (Å²) in [5, 5.41) is 2.75. The highest BCUT2D eigenvalue weighted by atomic mass is 19.3. The SMILES string of the molecule is CC.CC(CN(C)C=O)NF.CNc1cc(C(F)F)cc(OC2CN(C)C2)n1. The number of nitrogens with zero attached hydrogens (tertiary/aromatic N) is 3. The molecule has 0 aromatic carbocycles. The van der Waals surface area contributed by atoms with Gasteiger partial charge in [0.15, 0.2) is 0 Å². The van der Waals surface area contributed by atoms with E-state index in [4.69, 9.17) is 4.74 Å². The molecule has 1 aliphatic rings. The number of anilines is 1. The van der Waals surface area contributed by atoms with Gasteiger partial charge < -0.3 is 15.0 Å². The first-order valence-corrected chi connectivity index (χ1v) is 9.13. The number of rotatable bonds is 8. The molecule has 2 N–H and O–H groups in total. The minimum atomic E-state index is -2.52. The first-order chi connectivity index (χ1) is 13.3. The Morgan fingerprint density at radius 1 is 1.39 bits per heavy atom. The summed E-state index contributed by atoms with van der Waals surface area (Å²) >= 11 is 0. The van der Waals surface area contributed by atoms with E-state index in [1.54, 1.807) is 21.0 Å². The van der Waals surface area contributed by atoms with Crippen molar-refractivity contribution in [2.45, 2.75) is 39.3 Å². The van der Waals surface area contributed by atoms with Gasteiger partial charge in [-0.2, -0.15) is 10.5 Å². The molecule has 1 unspecified atom stereocenters. The normalized spacial score (nSPS) is 14.6. The number of pyridine rings is 1. The molecular formula is C18H32F3N5O2. The Morgan fingerprint density at radius 2 is 2.00 bits per heavy atom. The Labute approximate surface area is 165 Å². The predicted molar refractivity (Wildman–Crippen MR) is 104 cm³/mol. The van der Waals surface area contributed by atoms with Crippen LogP contribution < -0.4 is 15.6 Å². The third kappa shape index (κ3) is 9.75. The van der Waals surface area contributed by atoms with Gasteiger partial charge in [0.05, 0.1) is 6.04 Å². The number of carbonyl (C=O) groups is 1. The number of likely N-dealkylation sites (N-methyl/N-ethyl adjacent to an activating group) is 2. The van der Waals surface area contributed by atoms with E-state index in [9.17, 15) is 18.1 Å². The molecule has 1 saturated heterocycles. The smallest absolute Gasteiger partial charge is 0.264 e. The number of nitrogens with one attached hydrogen (secondary N) is 2. The molecule has 7 nitrogen and oxygen atoms in total. The number of halogens is 3.